The van der Waals surface area contributed by atoms with E-state index in [4.69, 9.17) is 22.1 Å². The van der Waals surface area contributed by atoms with Crippen LogP contribution in [0.1, 0.15) is 23.0 Å². The molecule has 0 bridgehead atoms. The number of ether oxygens (including phenoxy) is 1. The maximum Gasteiger partial charge on any atom is 0.321 e. The first-order valence-corrected chi connectivity index (χ1v) is 11.9. The second kappa shape index (κ2) is 11.6. The topological polar surface area (TPSA) is 145 Å². The van der Waals surface area contributed by atoms with E-state index < -0.39 is 23.5 Å². The van der Waals surface area contributed by atoms with Gasteiger partial charge in [-0.3, -0.25) is 19.1 Å². The Bertz CT molecular complexity index is 1500. The highest BCUT2D eigenvalue weighted by molar-refractivity contribution is 6.30. The quantitative estimate of drug-likeness (QED) is 0.315. The minimum Gasteiger partial charge on any atom is -0.424 e. The molecule has 0 radical (unpaired) electrons. The van der Waals surface area contributed by atoms with Crippen molar-refractivity contribution in [1.82, 2.24) is 30.0 Å². The van der Waals surface area contributed by atoms with Crippen LogP contribution in [0.5, 0.6) is 11.8 Å². The summed E-state index contributed by atoms with van der Waals surface area (Å²) in [6.45, 7) is 1.35. The molecule has 196 valence electrons. The van der Waals surface area contributed by atoms with Crippen molar-refractivity contribution in [1.29, 1.82) is 0 Å². The van der Waals surface area contributed by atoms with Crippen LogP contribution < -0.4 is 15.8 Å². The van der Waals surface area contributed by atoms with Crippen LogP contribution in [0.3, 0.4) is 0 Å². The SMILES string of the molecule is CCN(CC(=O)NCc1cccc(Cl)c1F)C(=O)Cn1nc(C(N)=O)c2cc(Oc3ncccn3)ccc21. The lowest BCUT2D eigenvalue weighted by atomic mass is 10.2. The smallest absolute Gasteiger partial charge is 0.321 e. The maximum absolute atomic E-state index is 14.1. The molecule has 13 heteroatoms. The number of nitrogens with zero attached hydrogens (tertiary/aromatic N) is 5. The molecule has 0 aliphatic rings. The molecule has 4 rings (SSSR count). The fourth-order valence-electron chi connectivity index (χ4n) is 3.68. The Labute approximate surface area is 221 Å². The second-order valence-corrected chi connectivity index (χ2v) is 8.49. The molecular weight excluding hydrogens is 517 g/mol. The molecule has 4 aromatic rings. The van der Waals surface area contributed by atoms with Crippen molar-refractivity contribution < 1.29 is 23.5 Å². The fourth-order valence-corrected chi connectivity index (χ4v) is 3.87. The molecule has 0 atom stereocenters. The van der Waals surface area contributed by atoms with Crippen molar-refractivity contribution in [3.8, 4) is 11.8 Å². The number of benzene rings is 2. The summed E-state index contributed by atoms with van der Waals surface area (Å²) >= 11 is 5.77. The number of rotatable bonds is 10. The van der Waals surface area contributed by atoms with Crippen LogP contribution in [0, 0.1) is 5.82 Å². The zero-order valence-corrected chi connectivity index (χ0v) is 21.0. The standard InChI is InChI=1S/C25H23ClFN7O4/c1-2-33(13-20(35)31-12-15-5-3-6-18(26)22(15)27)21(36)14-34-19-8-7-16(38-25-29-9-4-10-30-25)11-17(19)23(32-34)24(28)37/h3-11H,2,12-14H2,1H3,(H2,28,37)(H,31,35). The fraction of sp³-hybridized carbons (Fsp3) is 0.200. The van der Waals surface area contributed by atoms with Gasteiger partial charge >= 0.3 is 6.01 Å². The lowest BCUT2D eigenvalue weighted by Gasteiger charge is -2.20. The number of hydrogen-bond acceptors (Lipinski definition) is 7. The van der Waals surface area contributed by atoms with Gasteiger partial charge in [-0.2, -0.15) is 5.10 Å². The van der Waals surface area contributed by atoms with Crippen LogP contribution >= 0.6 is 11.6 Å². The number of carbonyl (C=O) groups excluding carboxylic acids is 3. The summed E-state index contributed by atoms with van der Waals surface area (Å²) in [6.07, 6.45) is 3.04. The number of primary amides is 1. The van der Waals surface area contributed by atoms with Crippen LogP contribution in [0.2, 0.25) is 5.02 Å². The van der Waals surface area contributed by atoms with Crippen LogP contribution in [0.25, 0.3) is 10.9 Å². The molecule has 2 heterocycles. The molecule has 3 amide bonds. The number of aromatic nitrogens is 4. The van der Waals surface area contributed by atoms with Crippen molar-refractivity contribution in [2.24, 2.45) is 5.73 Å². The summed E-state index contributed by atoms with van der Waals surface area (Å²) in [5.41, 5.74) is 6.16. The highest BCUT2D eigenvalue weighted by Crippen LogP contribution is 2.26. The van der Waals surface area contributed by atoms with E-state index in [0.29, 0.717) is 16.7 Å². The van der Waals surface area contributed by atoms with Gasteiger partial charge in [-0.1, -0.05) is 23.7 Å². The zero-order valence-electron chi connectivity index (χ0n) is 20.2. The summed E-state index contributed by atoms with van der Waals surface area (Å²) in [4.78, 5) is 46.8. The lowest BCUT2D eigenvalue weighted by molar-refractivity contribution is -0.136. The number of fused-ring (bicyclic) bond motifs is 1. The number of nitrogens with two attached hydrogens (primary N) is 1. The van der Waals surface area contributed by atoms with E-state index in [1.165, 1.54) is 34.1 Å². The van der Waals surface area contributed by atoms with E-state index in [1.54, 1.807) is 37.3 Å². The normalized spacial score (nSPS) is 10.8. The van der Waals surface area contributed by atoms with Crippen LogP contribution in [0.15, 0.2) is 54.9 Å². The Balaban J connectivity index is 1.47. The lowest BCUT2D eigenvalue weighted by Crippen LogP contribution is -2.42. The summed E-state index contributed by atoms with van der Waals surface area (Å²) in [5.74, 6) is -1.95. The van der Waals surface area contributed by atoms with E-state index >= 15 is 0 Å². The summed E-state index contributed by atoms with van der Waals surface area (Å²) in [6, 6.07) is 11.1. The Morgan fingerprint density at radius 3 is 2.63 bits per heavy atom. The van der Waals surface area contributed by atoms with E-state index in [9.17, 15) is 18.8 Å². The van der Waals surface area contributed by atoms with E-state index in [0.717, 1.165) is 0 Å². The van der Waals surface area contributed by atoms with Crippen molar-refractivity contribution in [3.63, 3.8) is 0 Å². The van der Waals surface area contributed by atoms with Crippen molar-refractivity contribution in [2.45, 2.75) is 20.0 Å². The van der Waals surface area contributed by atoms with Crippen LogP contribution in [-0.4, -0.2) is 55.5 Å². The van der Waals surface area contributed by atoms with Crippen LogP contribution in [0.4, 0.5) is 4.39 Å². The molecule has 2 aromatic carbocycles. The summed E-state index contributed by atoms with van der Waals surface area (Å²) in [7, 11) is 0. The predicted octanol–water partition coefficient (Wildman–Crippen LogP) is 2.67. The third-order valence-corrected chi connectivity index (χ3v) is 5.86. The maximum atomic E-state index is 14.1. The number of carbonyl (C=O) groups is 3. The first-order valence-electron chi connectivity index (χ1n) is 11.5. The summed E-state index contributed by atoms with van der Waals surface area (Å²) in [5, 5.41) is 7.14. The Hall–Kier alpha value is -4.58. The molecule has 0 spiro atoms. The predicted molar refractivity (Wildman–Crippen MR) is 136 cm³/mol. The minimum absolute atomic E-state index is 0.0448. The second-order valence-electron chi connectivity index (χ2n) is 8.08. The van der Waals surface area contributed by atoms with Gasteiger partial charge in [0.05, 0.1) is 17.1 Å². The van der Waals surface area contributed by atoms with Gasteiger partial charge in [-0.05, 0) is 37.3 Å². The highest BCUT2D eigenvalue weighted by atomic mass is 35.5. The molecular formula is C25H23ClFN7O4. The third kappa shape index (κ3) is 6.03. The molecule has 0 aliphatic heterocycles. The van der Waals surface area contributed by atoms with Gasteiger partial charge in [-0.15, -0.1) is 0 Å². The molecule has 0 saturated heterocycles. The van der Waals surface area contributed by atoms with Gasteiger partial charge in [0, 0.05) is 36.4 Å². The molecule has 0 aliphatic carbocycles. The van der Waals surface area contributed by atoms with Gasteiger partial charge in [0.1, 0.15) is 18.1 Å². The average Bonchev–Trinajstić information content (AvgIpc) is 3.26. The first-order chi connectivity index (χ1) is 18.3. The number of likely N-dealkylation sites (N-methyl/N-ethyl adjacent to an activating group) is 1. The van der Waals surface area contributed by atoms with Gasteiger partial charge in [-0.25, -0.2) is 14.4 Å². The van der Waals surface area contributed by atoms with Gasteiger partial charge in [0.15, 0.2) is 5.69 Å². The molecule has 0 saturated carbocycles. The Morgan fingerprint density at radius 1 is 1.16 bits per heavy atom. The molecule has 2 aromatic heterocycles. The molecule has 38 heavy (non-hydrogen) atoms. The molecule has 0 unspecified atom stereocenters. The molecule has 0 fully saturated rings. The highest BCUT2D eigenvalue weighted by Gasteiger charge is 2.21. The van der Waals surface area contributed by atoms with E-state index in [2.05, 4.69) is 20.4 Å². The van der Waals surface area contributed by atoms with E-state index in [-0.39, 0.29) is 48.5 Å². The zero-order chi connectivity index (χ0) is 27.2. The molecule has 11 nitrogen and oxygen atoms in total. The number of hydrogen-bond donors (Lipinski definition) is 2. The number of nitrogens with one attached hydrogen (secondary N) is 1. The monoisotopic (exact) mass is 539 g/mol. The largest absolute Gasteiger partial charge is 0.424 e. The Kier molecular flexibility index (Phi) is 8.12. The van der Waals surface area contributed by atoms with Gasteiger partial charge in [0.25, 0.3) is 5.91 Å². The van der Waals surface area contributed by atoms with Gasteiger partial charge < -0.3 is 20.7 Å². The first kappa shape index (κ1) is 26.5. The average molecular weight is 540 g/mol. The number of amides is 3. The molecule has 3 N–H and O–H groups in total. The Morgan fingerprint density at radius 2 is 1.92 bits per heavy atom. The van der Waals surface area contributed by atoms with Crippen LogP contribution in [-0.2, 0) is 22.7 Å². The number of halogens is 2. The third-order valence-electron chi connectivity index (χ3n) is 5.57. The van der Waals surface area contributed by atoms with Gasteiger partial charge in [0.2, 0.25) is 11.8 Å². The van der Waals surface area contributed by atoms with Crippen molar-refractivity contribution in [2.75, 3.05) is 13.1 Å². The minimum atomic E-state index is -0.783. The van der Waals surface area contributed by atoms with Crippen molar-refractivity contribution >= 4 is 40.2 Å². The van der Waals surface area contributed by atoms with E-state index in [1.807, 2.05) is 0 Å². The van der Waals surface area contributed by atoms with Crippen molar-refractivity contribution in [3.05, 3.63) is 77.0 Å². The summed E-state index contributed by atoms with van der Waals surface area (Å²) < 4.78 is 21.0.